The second-order valence-electron chi connectivity index (χ2n) is 5.88. The van der Waals surface area contributed by atoms with Crippen LogP contribution in [0.5, 0.6) is 5.75 Å². The van der Waals surface area contributed by atoms with Gasteiger partial charge in [-0.2, -0.15) is 0 Å². The first-order valence-corrected chi connectivity index (χ1v) is 8.37. The van der Waals surface area contributed by atoms with Crippen LogP contribution in [-0.4, -0.2) is 30.5 Å². The number of methoxy groups -OCH3 is 1. The van der Waals surface area contributed by atoms with Crippen molar-refractivity contribution in [3.05, 3.63) is 76.1 Å². The van der Waals surface area contributed by atoms with Crippen LogP contribution in [0.4, 0.5) is 0 Å². The van der Waals surface area contributed by atoms with Gasteiger partial charge < -0.3 is 20.4 Å². The Balaban J connectivity index is 1.56. The molecule has 0 unspecified atom stereocenters. The fourth-order valence-corrected chi connectivity index (χ4v) is 2.60. The number of hydrogen-bond acceptors (Lipinski definition) is 4. The molecule has 3 rings (SSSR count). The van der Waals surface area contributed by atoms with Crippen molar-refractivity contribution in [3.8, 4) is 5.75 Å². The number of carbonyl (C=O) groups excluding carboxylic acids is 2. The van der Waals surface area contributed by atoms with E-state index in [0.29, 0.717) is 17.4 Å². The monoisotopic (exact) mass is 365 g/mol. The number of para-hydroxylation sites is 1. The maximum Gasteiger partial charge on any atom is 0.257 e. The zero-order chi connectivity index (χ0) is 19.2. The van der Waals surface area contributed by atoms with Crippen molar-refractivity contribution in [2.45, 2.75) is 6.54 Å². The smallest absolute Gasteiger partial charge is 0.257 e. The van der Waals surface area contributed by atoms with E-state index in [0.717, 1.165) is 11.3 Å². The molecule has 27 heavy (non-hydrogen) atoms. The Morgan fingerprint density at radius 3 is 2.52 bits per heavy atom. The number of aromatic nitrogens is 1. The normalized spacial score (nSPS) is 10.4. The van der Waals surface area contributed by atoms with Gasteiger partial charge in [0.15, 0.2) is 0 Å². The number of carbonyl (C=O) groups is 2. The van der Waals surface area contributed by atoms with E-state index in [1.165, 1.54) is 6.20 Å². The number of pyridine rings is 1. The van der Waals surface area contributed by atoms with E-state index in [4.69, 9.17) is 4.74 Å². The molecule has 1 aromatic heterocycles. The Bertz CT molecular complexity index is 1030. The van der Waals surface area contributed by atoms with Crippen LogP contribution in [0.1, 0.15) is 15.9 Å². The first-order chi connectivity index (χ1) is 13.1. The van der Waals surface area contributed by atoms with Gasteiger partial charge in [0.25, 0.3) is 5.91 Å². The number of amides is 2. The second kappa shape index (κ2) is 8.18. The van der Waals surface area contributed by atoms with E-state index in [9.17, 15) is 14.4 Å². The zero-order valence-corrected chi connectivity index (χ0v) is 14.7. The summed E-state index contributed by atoms with van der Waals surface area (Å²) in [5.74, 6) is -0.212. The summed E-state index contributed by atoms with van der Waals surface area (Å²) in [4.78, 5) is 39.5. The van der Waals surface area contributed by atoms with Gasteiger partial charge in [-0.25, -0.2) is 0 Å². The lowest BCUT2D eigenvalue weighted by molar-refractivity contribution is -0.120. The molecule has 7 nitrogen and oxygen atoms in total. The quantitative estimate of drug-likeness (QED) is 0.617. The number of rotatable bonds is 6. The molecule has 0 aliphatic rings. The highest BCUT2D eigenvalue weighted by Crippen LogP contribution is 2.11. The highest BCUT2D eigenvalue weighted by Gasteiger charge is 2.13. The third kappa shape index (κ3) is 4.33. The largest absolute Gasteiger partial charge is 0.497 e. The Morgan fingerprint density at radius 1 is 1.04 bits per heavy atom. The van der Waals surface area contributed by atoms with Gasteiger partial charge >= 0.3 is 0 Å². The van der Waals surface area contributed by atoms with Crippen molar-refractivity contribution >= 4 is 22.7 Å². The summed E-state index contributed by atoms with van der Waals surface area (Å²) < 4.78 is 5.08. The van der Waals surface area contributed by atoms with Gasteiger partial charge in [-0.3, -0.25) is 14.4 Å². The lowest BCUT2D eigenvalue weighted by Crippen LogP contribution is -2.38. The number of fused-ring (bicyclic) bond motifs is 1. The van der Waals surface area contributed by atoms with Crippen molar-refractivity contribution in [2.24, 2.45) is 0 Å². The molecule has 7 heteroatoms. The van der Waals surface area contributed by atoms with E-state index in [1.54, 1.807) is 43.5 Å². The lowest BCUT2D eigenvalue weighted by Gasteiger charge is -2.08. The fourth-order valence-electron chi connectivity index (χ4n) is 2.60. The standard InChI is InChI=1S/C20H19N3O4/c1-27-14-8-6-13(7-9-14)10-22-18(24)12-23-20(26)16-11-21-17-5-3-2-4-15(17)19(16)25/h2-9,11H,10,12H2,1H3,(H,21,25)(H,22,24)(H,23,26). The predicted molar refractivity (Wildman–Crippen MR) is 102 cm³/mol. The van der Waals surface area contributed by atoms with E-state index in [2.05, 4.69) is 15.6 Å². The molecular formula is C20H19N3O4. The Hall–Kier alpha value is -3.61. The van der Waals surface area contributed by atoms with E-state index in [1.807, 2.05) is 12.1 Å². The van der Waals surface area contributed by atoms with Crippen LogP contribution in [0, 0.1) is 0 Å². The zero-order valence-electron chi connectivity index (χ0n) is 14.7. The van der Waals surface area contributed by atoms with Gasteiger partial charge in [-0.15, -0.1) is 0 Å². The Morgan fingerprint density at radius 2 is 1.78 bits per heavy atom. The van der Waals surface area contributed by atoms with Crippen LogP contribution in [0.25, 0.3) is 10.9 Å². The predicted octanol–water partition coefficient (Wildman–Crippen LogP) is 1.58. The van der Waals surface area contributed by atoms with Gasteiger partial charge in [0.05, 0.1) is 13.7 Å². The summed E-state index contributed by atoms with van der Waals surface area (Å²) >= 11 is 0. The Kier molecular flexibility index (Phi) is 5.51. The first kappa shape index (κ1) is 18.2. The van der Waals surface area contributed by atoms with Crippen LogP contribution < -0.4 is 20.8 Å². The molecule has 0 spiro atoms. The number of H-pyrrole nitrogens is 1. The topological polar surface area (TPSA) is 100 Å². The van der Waals surface area contributed by atoms with Crippen molar-refractivity contribution < 1.29 is 14.3 Å². The van der Waals surface area contributed by atoms with Crippen LogP contribution in [0.3, 0.4) is 0 Å². The number of aromatic amines is 1. The maximum absolute atomic E-state index is 12.4. The minimum Gasteiger partial charge on any atom is -0.497 e. The molecule has 0 radical (unpaired) electrons. The average molecular weight is 365 g/mol. The first-order valence-electron chi connectivity index (χ1n) is 8.37. The molecular weight excluding hydrogens is 346 g/mol. The molecule has 3 aromatic rings. The summed E-state index contributed by atoms with van der Waals surface area (Å²) in [7, 11) is 1.58. The molecule has 138 valence electrons. The molecule has 0 fully saturated rings. The summed E-state index contributed by atoms with van der Waals surface area (Å²) in [6, 6.07) is 14.2. The number of nitrogens with one attached hydrogen (secondary N) is 3. The average Bonchev–Trinajstić information content (AvgIpc) is 2.71. The highest BCUT2D eigenvalue weighted by atomic mass is 16.5. The van der Waals surface area contributed by atoms with Crippen molar-refractivity contribution in [1.29, 1.82) is 0 Å². The molecule has 0 saturated carbocycles. The van der Waals surface area contributed by atoms with Gasteiger partial charge in [0.2, 0.25) is 11.3 Å². The van der Waals surface area contributed by atoms with Crippen molar-refractivity contribution in [3.63, 3.8) is 0 Å². The van der Waals surface area contributed by atoms with E-state index < -0.39 is 5.91 Å². The van der Waals surface area contributed by atoms with E-state index in [-0.39, 0.29) is 23.4 Å². The van der Waals surface area contributed by atoms with Gasteiger partial charge in [0, 0.05) is 23.6 Å². The van der Waals surface area contributed by atoms with Crippen LogP contribution >= 0.6 is 0 Å². The Labute approximate surface area is 155 Å². The third-order valence-corrected chi connectivity index (χ3v) is 4.09. The van der Waals surface area contributed by atoms with Crippen LogP contribution in [0.2, 0.25) is 0 Å². The molecule has 2 amide bonds. The number of ether oxygens (including phenoxy) is 1. The summed E-state index contributed by atoms with van der Waals surface area (Å²) in [5.41, 5.74) is 1.15. The summed E-state index contributed by atoms with van der Waals surface area (Å²) in [6.07, 6.45) is 1.36. The minimum atomic E-state index is -0.596. The van der Waals surface area contributed by atoms with E-state index >= 15 is 0 Å². The van der Waals surface area contributed by atoms with Gasteiger partial charge in [0.1, 0.15) is 11.3 Å². The summed E-state index contributed by atoms with van der Waals surface area (Å²) in [5, 5.41) is 5.60. The molecule has 3 N–H and O–H groups in total. The fraction of sp³-hybridized carbons (Fsp3) is 0.150. The molecule has 0 bridgehead atoms. The van der Waals surface area contributed by atoms with Crippen molar-refractivity contribution in [1.82, 2.24) is 15.6 Å². The van der Waals surface area contributed by atoms with Gasteiger partial charge in [-0.1, -0.05) is 24.3 Å². The lowest BCUT2D eigenvalue weighted by atomic mass is 10.1. The molecule has 1 heterocycles. The molecule has 2 aromatic carbocycles. The second-order valence-corrected chi connectivity index (χ2v) is 5.88. The van der Waals surface area contributed by atoms with Gasteiger partial charge in [-0.05, 0) is 29.8 Å². The molecule has 0 atom stereocenters. The van der Waals surface area contributed by atoms with Crippen LogP contribution in [0.15, 0.2) is 59.5 Å². The molecule has 0 saturated heterocycles. The number of benzene rings is 2. The van der Waals surface area contributed by atoms with Crippen LogP contribution in [-0.2, 0) is 11.3 Å². The maximum atomic E-state index is 12.4. The molecule has 0 aliphatic heterocycles. The third-order valence-electron chi connectivity index (χ3n) is 4.09. The highest BCUT2D eigenvalue weighted by molar-refractivity contribution is 5.98. The summed E-state index contributed by atoms with van der Waals surface area (Å²) in [6.45, 7) is 0.108. The number of hydrogen-bond donors (Lipinski definition) is 3. The molecule has 0 aliphatic carbocycles. The SMILES string of the molecule is COc1ccc(CNC(=O)CNC(=O)c2c[nH]c3ccccc3c2=O)cc1. The minimum absolute atomic E-state index is 0.0309. The van der Waals surface area contributed by atoms with Crippen molar-refractivity contribution in [2.75, 3.05) is 13.7 Å².